The number of carbonyl (C=O) groups is 1. The molecule has 1 aromatic rings. The molecular weight excluding hydrogens is 330 g/mol. The number of methoxy groups -OCH3 is 1. The van der Waals surface area contributed by atoms with Crippen molar-refractivity contribution in [2.75, 3.05) is 27.7 Å². The summed E-state index contributed by atoms with van der Waals surface area (Å²) in [6.45, 7) is 2.40. The lowest BCUT2D eigenvalue weighted by atomic mass is 10.1. The van der Waals surface area contributed by atoms with Crippen LogP contribution in [0, 0.1) is 0 Å². The summed E-state index contributed by atoms with van der Waals surface area (Å²) in [5, 5.41) is 1.51. The molecule has 24 heavy (non-hydrogen) atoms. The third kappa shape index (κ3) is 3.88. The van der Waals surface area contributed by atoms with Crippen molar-refractivity contribution in [1.29, 1.82) is 0 Å². The zero-order valence-corrected chi connectivity index (χ0v) is 15.4. The first kappa shape index (κ1) is 18.7. The Morgan fingerprint density at radius 3 is 2.62 bits per heavy atom. The number of nitrogens with one attached hydrogen (secondary N) is 1. The number of piperidine rings is 1. The summed E-state index contributed by atoms with van der Waals surface area (Å²) in [7, 11) is 1.08. The van der Waals surface area contributed by atoms with Gasteiger partial charge in [0.25, 0.3) is 5.91 Å². The smallest absolute Gasteiger partial charge is 0.265 e. The Labute approximate surface area is 143 Å². The fourth-order valence-electron chi connectivity index (χ4n) is 2.84. The van der Waals surface area contributed by atoms with Gasteiger partial charge < -0.3 is 4.74 Å². The highest BCUT2D eigenvalue weighted by Crippen LogP contribution is 2.31. The maximum Gasteiger partial charge on any atom is 0.265 e. The lowest BCUT2D eigenvalue weighted by Crippen LogP contribution is -2.42. The van der Waals surface area contributed by atoms with Gasteiger partial charge in [-0.1, -0.05) is 6.42 Å². The predicted octanol–water partition coefficient (Wildman–Crippen LogP) is 1.46. The van der Waals surface area contributed by atoms with Crippen molar-refractivity contribution in [1.82, 2.24) is 14.7 Å². The Morgan fingerprint density at radius 2 is 2.04 bits per heavy atom. The van der Waals surface area contributed by atoms with Crippen LogP contribution in [0.5, 0.6) is 5.75 Å². The molecule has 1 aliphatic heterocycles. The third-order valence-corrected chi connectivity index (χ3v) is 6.11. The molecule has 8 heteroatoms. The average Bonchev–Trinajstić information content (AvgIpc) is 2.53. The number of rotatable bonds is 5. The summed E-state index contributed by atoms with van der Waals surface area (Å²) in [5.74, 6) is -0.125. The van der Waals surface area contributed by atoms with Gasteiger partial charge >= 0.3 is 0 Å². The predicted molar refractivity (Wildman–Crippen MR) is 91.4 cm³/mol. The normalized spacial score (nSPS) is 19.3. The molecule has 1 aliphatic rings. The standard InChI is InChI=1S/C16H25N3O4S/c1-12-7-5-6-10-19(12)24(21,22)15-11-13(8-9-14(15)23-4)16(20)17-18(2)3/h8-9,11-12H,5-7,10H2,1-4H3,(H,17,20)/t12-/m1/s1. The highest BCUT2D eigenvalue weighted by atomic mass is 32.2. The topological polar surface area (TPSA) is 79.0 Å². The van der Waals surface area contributed by atoms with E-state index in [1.807, 2.05) is 6.92 Å². The van der Waals surface area contributed by atoms with Crippen LogP contribution in [0.1, 0.15) is 36.5 Å². The van der Waals surface area contributed by atoms with Gasteiger partial charge in [-0.2, -0.15) is 4.31 Å². The van der Waals surface area contributed by atoms with Crippen LogP contribution in [-0.4, -0.2) is 57.4 Å². The summed E-state index contributed by atoms with van der Waals surface area (Å²) < 4.78 is 32.9. The SMILES string of the molecule is COc1ccc(C(=O)NN(C)C)cc1S(=O)(=O)N1CCCC[C@H]1C. The Balaban J connectivity index is 2.44. The van der Waals surface area contributed by atoms with Crippen LogP contribution in [0.4, 0.5) is 0 Å². The van der Waals surface area contributed by atoms with Gasteiger partial charge in [-0.05, 0) is 38.0 Å². The van der Waals surface area contributed by atoms with Crippen LogP contribution in [0.2, 0.25) is 0 Å². The van der Waals surface area contributed by atoms with Crippen molar-refractivity contribution >= 4 is 15.9 Å². The number of hydrogen-bond acceptors (Lipinski definition) is 5. The van der Waals surface area contributed by atoms with Crippen LogP contribution in [0.15, 0.2) is 23.1 Å². The van der Waals surface area contributed by atoms with Gasteiger partial charge in [-0.15, -0.1) is 0 Å². The fraction of sp³-hybridized carbons (Fsp3) is 0.562. The summed E-state index contributed by atoms with van der Waals surface area (Å²) >= 11 is 0. The molecule has 1 amide bonds. The third-order valence-electron chi connectivity index (χ3n) is 4.08. The monoisotopic (exact) mass is 355 g/mol. The van der Waals surface area contributed by atoms with Crippen molar-refractivity contribution in [2.24, 2.45) is 0 Å². The molecule has 0 aliphatic carbocycles. The quantitative estimate of drug-likeness (QED) is 0.809. The first-order valence-corrected chi connectivity index (χ1v) is 9.39. The molecule has 1 aromatic carbocycles. The summed E-state index contributed by atoms with van der Waals surface area (Å²) in [6, 6.07) is 4.39. The van der Waals surface area contributed by atoms with E-state index in [0.29, 0.717) is 6.54 Å². The van der Waals surface area contributed by atoms with Gasteiger partial charge in [-0.3, -0.25) is 10.2 Å². The number of amides is 1. The van der Waals surface area contributed by atoms with Gasteiger partial charge in [-0.25, -0.2) is 13.4 Å². The van der Waals surface area contributed by atoms with E-state index < -0.39 is 10.0 Å². The van der Waals surface area contributed by atoms with E-state index in [-0.39, 0.29) is 28.2 Å². The maximum absolute atomic E-state index is 13.1. The van der Waals surface area contributed by atoms with Crippen molar-refractivity contribution in [3.8, 4) is 5.75 Å². The molecule has 2 rings (SSSR count). The Kier molecular flexibility index (Phi) is 5.84. The van der Waals surface area contributed by atoms with Crippen molar-refractivity contribution in [2.45, 2.75) is 37.1 Å². The van der Waals surface area contributed by atoms with E-state index in [2.05, 4.69) is 5.43 Å². The first-order chi connectivity index (χ1) is 11.3. The van der Waals surface area contributed by atoms with Gasteiger partial charge in [0.2, 0.25) is 10.0 Å². The summed E-state index contributed by atoms with van der Waals surface area (Å²) in [6.07, 6.45) is 2.70. The first-order valence-electron chi connectivity index (χ1n) is 7.95. The highest BCUT2D eigenvalue weighted by Gasteiger charge is 2.33. The molecule has 0 bridgehead atoms. The molecular formula is C16H25N3O4S. The molecule has 134 valence electrons. The van der Waals surface area contributed by atoms with Crippen LogP contribution in [-0.2, 0) is 10.0 Å². The molecule has 1 saturated heterocycles. The van der Waals surface area contributed by atoms with Crippen LogP contribution in [0.3, 0.4) is 0 Å². The molecule has 0 aromatic heterocycles. The molecule has 1 fully saturated rings. The average molecular weight is 355 g/mol. The second kappa shape index (κ2) is 7.50. The maximum atomic E-state index is 13.1. The lowest BCUT2D eigenvalue weighted by molar-refractivity contribution is 0.0856. The Hall–Kier alpha value is -1.64. The van der Waals surface area contributed by atoms with E-state index in [4.69, 9.17) is 4.74 Å². The minimum absolute atomic E-state index is 0.0326. The van der Waals surface area contributed by atoms with Crippen molar-refractivity contribution in [3.63, 3.8) is 0 Å². The van der Waals surface area contributed by atoms with Gasteiger partial charge in [0.1, 0.15) is 10.6 Å². The van der Waals surface area contributed by atoms with E-state index >= 15 is 0 Å². The van der Waals surface area contributed by atoms with Crippen LogP contribution in [0.25, 0.3) is 0 Å². The summed E-state index contributed by atoms with van der Waals surface area (Å²) in [5.41, 5.74) is 2.88. The van der Waals surface area contributed by atoms with E-state index in [0.717, 1.165) is 19.3 Å². The minimum Gasteiger partial charge on any atom is -0.495 e. The van der Waals surface area contributed by atoms with Crippen molar-refractivity contribution < 1.29 is 17.9 Å². The molecule has 0 spiro atoms. The molecule has 0 radical (unpaired) electrons. The van der Waals surface area contributed by atoms with Crippen LogP contribution < -0.4 is 10.2 Å². The van der Waals surface area contributed by atoms with Crippen LogP contribution >= 0.6 is 0 Å². The zero-order chi connectivity index (χ0) is 17.9. The molecule has 1 heterocycles. The minimum atomic E-state index is -3.72. The number of benzene rings is 1. The number of hydrogen-bond donors (Lipinski definition) is 1. The van der Waals surface area contributed by atoms with Gasteiger partial charge in [0.05, 0.1) is 7.11 Å². The van der Waals surface area contributed by atoms with E-state index in [1.165, 1.54) is 28.6 Å². The van der Waals surface area contributed by atoms with Crippen molar-refractivity contribution in [3.05, 3.63) is 23.8 Å². The number of carbonyl (C=O) groups excluding carboxylic acids is 1. The molecule has 7 nitrogen and oxygen atoms in total. The molecule has 0 unspecified atom stereocenters. The number of hydrazine groups is 1. The fourth-order valence-corrected chi connectivity index (χ4v) is 4.73. The van der Waals surface area contributed by atoms with E-state index in [1.54, 1.807) is 20.2 Å². The number of sulfonamides is 1. The lowest BCUT2D eigenvalue weighted by Gasteiger charge is -2.32. The molecule has 1 N–H and O–H groups in total. The summed E-state index contributed by atoms with van der Waals surface area (Å²) in [4.78, 5) is 12.2. The van der Waals surface area contributed by atoms with E-state index in [9.17, 15) is 13.2 Å². The Morgan fingerprint density at radius 1 is 1.33 bits per heavy atom. The number of ether oxygens (including phenoxy) is 1. The number of nitrogens with zero attached hydrogens (tertiary/aromatic N) is 2. The molecule has 0 saturated carbocycles. The molecule has 1 atom stereocenters. The second-order valence-electron chi connectivity index (χ2n) is 6.16. The zero-order valence-electron chi connectivity index (χ0n) is 14.6. The van der Waals surface area contributed by atoms with Gasteiger partial charge in [0, 0.05) is 32.2 Å². The second-order valence-corrected chi connectivity index (χ2v) is 8.02. The Bertz CT molecular complexity index is 703. The van der Waals surface area contributed by atoms with Gasteiger partial charge in [0.15, 0.2) is 0 Å². The highest BCUT2D eigenvalue weighted by molar-refractivity contribution is 7.89. The largest absolute Gasteiger partial charge is 0.495 e.